The molecule has 1 aromatic rings. The molecule has 34 heavy (non-hydrogen) atoms. The summed E-state index contributed by atoms with van der Waals surface area (Å²) in [6, 6.07) is 0. The molecule has 190 valence electrons. The Bertz CT molecular complexity index is 892. The molecule has 0 aliphatic carbocycles. The summed E-state index contributed by atoms with van der Waals surface area (Å²) in [5.41, 5.74) is 0.505. The van der Waals surface area contributed by atoms with Gasteiger partial charge in [0.1, 0.15) is 16.2 Å². The number of Topliss-reactive ketones (excluding diaryl/α,β-unsaturated/α-hetero) is 1. The zero-order chi connectivity index (χ0) is 25.5. The van der Waals surface area contributed by atoms with E-state index in [1.54, 1.807) is 43.9 Å². The van der Waals surface area contributed by atoms with Gasteiger partial charge in [0.05, 0.1) is 29.7 Å². The van der Waals surface area contributed by atoms with Gasteiger partial charge in [-0.1, -0.05) is 51.6 Å². The number of nitrogens with zero attached hydrogens (tertiary/aromatic N) is 1. The highest BCUT2D eigenvalue weighted by molar-refractivity contribution is 8.00. The molecule has 2 N–H and O–H groups in total. The lowest BCUT2D eigenvalue weighted by Gasteiger charge is -2.34. The first-order chi connectivity index (χ1) is 16.0. The third kappa shape index (κ3) is 7.77. The van der Waals surface area contributed by atoms with E-state index in [-0.39, 0.29) is 18.1 Å². The standard InChI is InChI=1S/C26H39NO5S2/c1-16-11-9-7-8-10-12-20(17(2)13-19-15-34-25(27-19)33-6)32-22(29)14-21(28)26(4,5)24(31)18(3)23(16)30/h8,10,13,15-16,18,20-21,23,28,30H,7,9,11-12,14H2,1-6H3/b10-8-,17-13+/t16-,18+,20-,21-,23-/m0/s1. The van der Waals surface area contributed by atoms with Gasteiger partial charge in [-0.3, -0.25) is 9.59 Å². The molecule has 0 bridgehead atoms. The van der Waals surface area contributed by atoms with E-state index in [4.69, 9.17) is 4.74 Å². The van der Waals surface area contributed by atoms with E-state index in [2.05, 4.69) is 11.1 Å². The highest BCUT2D eigenvalue weighted by Crippen LogP contribution is 2.32. The zero-order valence-electron chi connectivity index (χ0n) is 21.1. The highest BCUT2D eigenvalue weighted by Gasteiger charge is 2.42. The third-order valence-corrected chi connectivity index (χ3v) is 8.60. The van der Waals surface area contributed by atoms with Crippen molar-refractivity contribution in [3.05, 3.63) is 28.8 Å². The lowest BCUT2D eigenvalue weighted by atomic mass is 9.73. The molecular weight excluding hydrogens is 470 g/mol. The van der Waals surface area contributed by atoms with Gasteiger partial charge in [0.25, 0.3) is 0 Å². The Labute approximate surface area is 211 Å². The lowest BCUT2D eigenvalue weighted by molar-refractivity contribution is -0.154. The van der Waals surface area contributed by atoms with Crippen LogP contribution < -0.4 is 0 Å². The van der Waals surface area contributed by atoms with Crippen LogP contribution in [0.25, 0.3) is 6.08 Å². The van der Waals surface area contributed by atoms with E-state index in [1.807, 2.05) is 37.6 Å². The van der Waals surface area contributed by atoms with Gasteiger partial charge in [0, 0.05) is 17.7 Å². The van der Waals surface area contributed by atoms with Crippen LogP contribution in [0.5, 0.6) is 0 Å². The summed E-state index contributed by atoms with van der Waals surface area (Å²) in [6.07, 6.45) is 8.25. The molecule has 2 rings (SSSR count). The van der Waals surface area contributed by atoms with Crippen LogP contribution in [0, 0.1) is 17.3 Å². The molecule has 0 unspecified atom stereocenters. The van der Waals surface area contributed by atoms with Crippen LogP contribution in [0.2, 0.25) is 0 Å². The van der Waals surface area contributed by atoms with Crippen molar-refractivity contribution in [2.75, 3.05) is 6.26 Å². The minimum absolute atomic E-state index is 0.0413. The second-order valence-electron chi connectivity index (χ2n) is 9.81. The molecule has 1 aliphatic heterocycles. The van der Waals surface area contributed by atoms with Crippen molar-refractivity contribution in [2.45, 2.75) is 89.4 Å². The number of allylic oxidation sites excluding steroid dienone is 1. The number of aromatic nitrogens is 1. The first-order valence-corrected chi connectivity index (χ1v) is 14.0. The van der Waals surface area contributed by atoms with Gasteiger partial charge in [-0.25, -0.2) is 4.98 Å². The molecule has 0 spiro atoms. The van der Waals surface area contributed by atoms with Crippen LogP contribution in [0.15, 0.2) is 27.4 Å². The van der Waals surface area contributed by atoms with E-state index < -0.39 is 35.6 Å². The Morgan fingerprint density at radius 1 is 1.26 bits per heavy atom. The summed E-state index contributed by atoms with van der Waals surface area (Å²) in [6.45, 7) is 8.82. The van der Waals surface area contributed by atoms with Crippen LogP contribution in [-0.2, 0) is 14.3 Å². The number of aliphatic hydroxyl groups excluding tert-OH is 2. The molecule has 2 heterocycles. The quantitative estimate of drug-likeness (QED) is 0.325. The van der Waals surface area contributed by atoms with Crippen LogP contribution in [0.4, 0.5) is 0 Å². The number of carbonyl (C=O) groups is 2. The Morgan fingerprint density at radius 3 is 2.62 bits per heavy atom. The van der Waals surface area contributed by atoms with Gasteiger partial charge >= 0.3 is 5.97 Å². The van der Waals surface area contributed by atoms with Gasteiger partial charge in [-0.2, -0.15) is 0 Å². The first kappa shape index (κ1) is 28.8. The number of ketones is 1. The van der Waals surface area contributed by atoms with Gasteiger partial charge in [0.15, 0.2) is 0 Å². The second kappa shape index (κ2) is 13.0. The van der Waals surface area contributed by atoms with Crippen LogP contribution in [-0.4, -0.2) is 51.5 Å². The Hall–Kier alpha value is -1.48. The van der Waals surface area contributed by atoms with E-state index in [9.17, 15) is 19.8 Å². The maximum Gasteiger partial charge on any atom is 0.309 e. The maximum atomic E-state index is 13.1. The number of cyclic esters (lactones) is 1. The molecule has 6 nitrogen and oxygen atoms in total. The second-order valence-corrected chi connectivity index (χ2v) is 11.7. The van der Waals surface area contributed by atoms with Crippen molar-refractivity contribution in [1.82, 2.24) is 4.98 Å². The minimum Gasteiger partial charge on any atom is -0.457 e. The summed E-state index contributed by atoms with van der Waals surface area (Å²) in [4.78, 5) is 30.5. The number of carbonyl (C=O) groups excluding carboxylic acids is 2. The summed E-state index contributed by atoms with van der Waals surface area (Å²) in [7, 11) is 0. The molecule has 0 fully saturated rings. The highest BCUT2D eigenvalue weighted by atomic mass is 32.2. The summed E-state index contributed by atoms with van der Waals surface area (Å²) in [5, 5.41) is 23.5. The molecule has 0 aromatic carbocycles. The number of thiazole rings is 1. The molecular formula is C26H39NO5S2. The predicted octanol–water partition coefficient (Wildman–Crippen LogP) is 5.29. The molecule has 0 saturated carbocycles. The molecule has 0 saturated heterocycles. The first-order valence-electron chi connectivity index (χ1n) is 11.9. The monoisotopic (exact) mass is 509 g/mol. The molecule has 0 amide bonds. The number of esters is 1. The van der Waals surface area contributed by atoms with E-state index in [0.29, 0.717) is 6.42 Å². The SMILES string of the molecule is CSc1nc(/C=C(\C)[C@@H]2C/C=C\CCC[C@H](C)[C@H](O)[C@@H](C)C(=O)C(C)(C)[C@@H](O)CC(=O)O2)cs1. The van der Waals surface area contributed by atoms with E-state index >= 15 is 0 Å². The summed E-state index contributed by atoms with van der Waals surface area (Å²) >= 11 is 3.15. The van der Waals surface area contributed by atoms with Gasteiger partial charge in [0.2, 0.25) is 0 Å². The molecule has 0 radical (unpaired) electrons. The average Bonchev–Trinajstić information content (AvgIpc) is 3.25. The molecule has 5 atom stereocenters. The average molecular weight is 510 g/mol. The van der Waals surface area contributed by atoms with E-state index in [0.717, 1.165) is 34.9 Å². The topological polar surface area (TPSA) is 96.7 Å². The molecule has 1 aliphatic rings. The smallest absolute Gasteiger partial charge is 0.309 e. The van der Waals surface area contributed by atoms with Gasteiger partial charge in [-0.15, -0.1) is 11.3 Å². The van der Waals surface area contributed by atoms with Crippen LogP contribution in [0.3, 0.4) is 0 Å². The molecule has 1 aromatic heterocycles. The van der Waals surface area contributed by atoms with E-state index in [1.165, 1.54) is 0 Å². The van der Waals surface area contributed by atoms with Gasteiger partial charge < -0.3 is 14.9 Å². The fourth-order valence-electron chi connectivity index (χ4n) is 4.17. The minimum atomic E-state index is -1.21. The Morgan fingerprint density at radius 2 is 1.97 bits per heavy atom. The van der Waals surface area contributed by atoms with Crippen LogP contribution in [0.1, 0.15) is 72.4 Å². The number of ether oxygens (including phenoxy) is 1. The molecule has 8 heteroatoms. The third-order valence-electron chi connectivity index (χ3n) is 6.72. The number of hydrogen-bond donors (Lipinski definition) is 2. The Balaban J connectivity index is 2.27. The fraction of sp³-hybridized carbons (Fsp3) is 0.654. The van der Waals surface area contributed by atoms with Crippen molar-refractivity contribution < 1.29 is 24.5 Å². The number of thioether (sulfide) groups is 1. The number of rotatable bonds is 3. The summed E-state index contributed by atoms with van der Waals surface area (Å²) < 4.78 is 6.74. The van der Waals surface area contributed by atoms with Crippen LogP contribution >= 0.6 is 23.1 Å². The summed E-state index contributed by atoms with van der Waals surface area (Å²) in [5.74, 6) is -1.49. The van der Waals surface area contributed by atoms with Crippen molar-refractivity contribution in [2.24, 2.45) is 17.3 Å². The predicted molar refractivity (Wildman–Crippen MR) is 139 cm³/mol. The number of hydrogen-bond acceptors (Lipinski definition) is 8. The zero-order valence-corrected chi connectivity index (χ0v) is 22.7. The van der Waals surface area contributed by atoms with Gasteiger partial charge in [-0.05, 0) is 50.0 Å². The lowest BCUT2D eigenvalue weighted by Crippen LogP contribution is -2.45. The normalized spacial score (nSPS) is 31.2. The van der Waals surface area contributed by atoms with Crippen molar-refractivity contribution >= 4 is 40.9 Å². The fourth-order valence-corrected chi connectivity index (χ4v) is 5.39. The number of aliphatic hydroxyl groups is 2. The van der Waals surface area contributed by atoms with Crippen molar-refractivity contribution in [1.29, 1.82) is 0 Å². The largest absolute Gasteiger partial charge is 0.457 e. The van der Waals surface area contributed by atoms with Crippen molar-refractivity contribution in [3.63, 3.8) is 0 Å². The van der Waals surface area contributed by atoms with Crippen molar-refractivity contribution in [3.8, 4) is 0 Å². The maximum absolute atomic E-state index is 13.1. The Kier molecular flexibility index (Phi) is 11.0.